The van der Waals surface area contributed by atoms with E-state index in [1.54, 1.807) is 12.1 Å². The number of aliphatic carboxylic acids is 1. The third-order valence-corrected chi connectivity index (χ3v) is 2.54. The van der Waals surface area contributed by atoms with Crippen LogP contribution in [0.4, 0.5) is 5.69 Å². The molecule has 1 aromatic rings. The number of para-hydroxylation sites is 1. The molecule has 0 saturated carbocycles. The zero-order valence-electron chi connectivity index (χ0n) is 10.8. The van der Waals surface area contributed by atoms with Crippen LogP contribution in [0.1, 0.15) is 12.8 Å². The van der Waals surface area contributed by atoms with Gasteiger partial charge in [-0.2, -0.15) is 0 Å². The first kappa shape index (κ1) is 15.5. The summed E-state index contributed by atoms with van der Waals surface area (Å²) in [6, 6.07) is 7.92. The zero-order valence-corrected chi connectivity index (χ0v) is 10.8. The average molecular weight is 279 g/mol. The molecule has 108 valence electrons. The molecule has 2 amide bonds. The molecule has 0 aliphatic rings. The summed E-state index contributed by atoms with van der Waals surface area (Å²) >= 11 is 0. The summed E-state index contributed by atoms with van der Waals surface area (Å²) in [5.74, 6) is -2.27. The predicted molar refractivity (Wildman–Crippen MR) is 72.9 cm³/mol. The topological polar surface area (TPSA) is 122 Å². The number of hydrogen-bond donors (Lipinski definition) is 4. The molecule has 0 spiro atoms. The van der Waals surface area contributed by atoms with Gasteiger partial charge in [0.15, 0.2) is 0 Å². The van der Waals surface area contributed by atoms with E-state index >= 15 is 0 Å². The monoisotopic (exact) mass is 279 g/mol. The second-order valence-corrected chi connectivity index (χ2v) is 4.18. The van der Waals surface area contributed by atoms with Gasteiger partial charge in [0.2, 0.25) is 11.8 Å². The van der Waals surface area contributed by atoms with Crippen molar-refractivity contribution < 1.29 is 19.5 Å². The van der Waals surface area contributed by atoms with Crippen molar-refractivity contribution in [3.8, 4) is 0 Å². The van der Waals surface area contributed by atoms with Crippen LogP contribution in [-0.2, 0) is 14.4 Å². The first-order chi connectivity index (χ1) is 9.49. The second-order valence-electron chi connectivity index (χ2n) is 4.18. The first-order valence-electron chi connectivity index (χ1n) is 6.08. The standard InChI is InChI=1S/C13H17N3O4/c14-11(17)7-6-10(13(19)20)16-12(18)8-15-9-4-2-1-3-5-9/h1-5,10,15H,6-8H2,(H2,14,17)(H,16,18)(H,19,20). The lowest BCUT2D eigenvalue weighted by Crippen LogP contribution is -2.43. The number of benzene rings is 1. The zero-order chi connectivity index (χ0) is 15.0. The Labute approximate surface area is 116 Å². The Bertz CT molecular complexity index is 476. The van der Waals surface area contributed by atoms with Crippen LogP contribution in [0.5, 0.6) is 0 Å². The lowest BCUT2D eigenvalue weighted by atomic mass is 10.1. The molecule has 1 aromatic carbocycles. The van der Waals surface area contributed by atoms with Crippen LogP contribution < -0.4 is 16.4 Å². The molecule has 0 radical (unpaired) electrons. The van der Waals surface area contributed by atoms with Gasteiger partial charge in [-0.25, -0.2) is 4.79 Å². The maximum atomic E-state index is 11.6. The number of carbonyl (C=O) groups excluding carboxylic acids is 2. The molecule has 0 aromatic heterocycles. The number of rotatable bonds is 8. The molecule has 7 nitrogen and oxygen atoms in total. The summed E-state index contributed by atoms with van der Waals surface area (Å²) in [4.78, 5) is 33.2. The highest BCUT2D eigenvalue weighted by Gasteiger charge is 2.20. The van der Waals surface area contributed by atoms with Gasteiger partial charge in [0, 0.05) is 12.1 Å². The van der Waals surface area contributed by atoms with Crippen molar-refractivity contribution >= 4 is 23.5 Å². The molecule has 0 heterocycles. The fraction of sp³-hybridized carbons (Fsp3) is 0.308. The van der Waals surface area contributed by atoms with Crippen molar-refractivity contribution in [1.29, 1.82) is 0 Å². The van der Waals surface area contributed by atoms with Crippen LogP contribution in [0.25, 0.3) is 0 Å². The summed E-state index contributed by atoms with van der Waals surface area (Å²) in [7, 11) is 0. The maximum Gasteiger partial charge on any atom is 0.326 e. The van der Waals surface area contributed by atoms with E-state index in [0.29, 0.717) is 0 Å². The number of hydrogen-bond acceptors (Lipinski definition) is 4. The Morgan fingerprint density at radius 2 is 1.85 bits per heavy atom. The van der Waals surface area contributed by atoms with E-state index in [-0.39, 0.29) is 19.4 Å². The average Bonchev–Trinajstić information content (AvgIpc) is 2.41. The van der Waals surface area contributed by atoms with E-state index in [2.05, 4.69) is 10.6 Å². The SMILES string of the molecule is NC(=O)CCC(NC(=O)CNc1ccccc1)C(=O)O. The van der Waals surface area contributed by atoms with E-state index in [4.69, 9.17) is 10.8 Å². The normalized spacial score (nSPS) is 11.4. The van der Waals surface area contributed by atoms with E-state index in [1.807, 2.05) is 18.2 Å². The van der Waals surface area contributed by atoms with Gasteiger partial charge in [0.1, 0.15) is 6.04 Å². The van der Waals surface area contributed by atoms with Gasteiger partial charge in [0.25, 0.3) is 0 Å². The minimum atomic E-state index is -1.20. The third-order valence-electron chi connectivity index (χ3n) is 2.54. The van der Waals surface area contributed by atoms with E-state index in [1.165, 1.54) is 0 Å². The Morgan fingerprint density at radius 1 is 1.20 bits per heavy atom. The number of carboxylic acid groups (broad SMARTS) is 1. The molecule has 1 atom stereocenters. The van der Waals surface area contributed by atoms with Crippen molar-refractivity contribution in [3.05, 3.63) is 30.3 Å². The highest BCUT2D eigenvalue weighted by atomic mass is 16.4. The predicted octanol–water partition coefficient (Wildman–Crippen LogP) is -0.0666. The van der Waals surface area contributed by atoms with Crippen molar-refractivity contribution in [3.63, 3.8) is 0 Å². The van der Waals surface area contributed by atoms with Gasteiger partial charge in [-0.05, 0) is 18.6 Å². The van der Waals surface area contributed by atoms with E-state index in [0.717, 1.165) is 5.69 Å². The molecular weight excluding hydrogens is 262 g/mol. The lowest BCUT2D eigenvalue weighted by molar-refractivity contribution is -0.141. The molecular formula is C13H17N3O4. The van der Waals surface area contributed by atoms with Gasteiger partial charge < -0.3 is 21.5 Å². The summed E-state index contributed by atoms with van der Waals surface area (Å²) in [5, 5.41) is 14.1. The second kappa shape index (κ2) is 7.78. The molecule has 1 unspecified atom stereocenters. The largest absolute Gasteiger partial charge is 0.480 e. The molecule has 5 N–H and O–H groups in total. The van der Waals surface area contributed by atoms with Gasteiger partial charge in [-0.15, -0.1) is 0 Å². The summed E-state index contributed by atoms with van der Waals surface area (Å²) in [5.41, 5.74) is 5.71. The van der Waals surface area contributed by atoms with Gasteiger partial charge in [-0.3, -0.25) is 9.59 Å². The van der Waals surface area contributed by atoms with Gasteiger partial charge in [-0.1, -0.05) is 18.2 Å². The minimum absolute atomic E-state index is 0.0260. The molecule has 20 heavy (non-hydrogen) atoms. The number of primary amides is 1. The lowest BCUT2D eigenvalue weighted by Gasteiger charge is -2.14. The van der Waals surface area contributed by atoms with Crippen LogP contribution in [-0.4, -0.2) is 35.5 Å². The Morgan fingerprint density at radius 3 is 2.40 bits per heavy atom. The van der Waals surface area contributed by atoms with Crippen molar-refractivity contribution in [2.45, 2.75) is 18.9 Å². The molecule has 0 aliphatic heterocycles. The number of amides is 2. The van der Waals surface area contributed by atoms with Crippen molar-refractivity contribution in [1.82, 2.24) is 5.32 Å². The highest BCUT2D eigenvalue weighted by Crippen LogP contribution is 2.04. The first-order valence-corrected chi connectivity index (χ1v) is 6.08. The summed E-state index contributed by atoms with van der Waals surface area (Å²) in [6.07, 6.45) is -0.120. The van der Waals surface area contributed by atoms with Crippen LogP contribution in [0.3, 0.4) is 0 Å². The molecule has 0 aliphatic carbocycles. The summed E-state index contributed by atoms with van der Waals surface area (Å²) < 4.78 is 0. The quantitative estimate of drug-likeness (QED) is 0.531. The molecule has 0 fully saturated rings. The molecule has 7 heteroatoms. The number of nitrogens with one attached hydrogen (secondary N) is 2. The Hall–Kier alpha value is -2.57. The Kier molecular flexibility index (Phi) is 6.02. The van der Waals surface area contributed by atoms with Crippen LogP contribution in [0.2, 0.25) is 0 Å². The number of anilines is 1. The van der Waals surface area contributed by atoms with E-state index < -0.39 is 23.8 Å². The maximum absolute atomic E-state index is 11.6. The minimum Gasteiger partial charge on any atom is -0.480 e. The van der Waals surface area contributed by atoms with Crippen LogP contribution >= 0.6 is 0 Å². The fourth-order valence-corrected chi connectivity index (χ4v) is 1.53. The fourth-order valence-electron chi connectivity index (χ4n) is 1.53. The number of nitrogens with two attached hydrogens (primary N) is 1. The van der Waals surface area contributed by atoms with Crippen LogP contribution in [0, 0.1) is 0 Å². The number of carbonyl (C=O) groups is 3. The van der Waals surface area contributed by atoms with Crippen molar-refractivity contribution in [2.75, 3.05) is 11.9 Å². The third kappa shape index (κ3) is 5.85. The van der Waals surface area contributed by atoms with Gasteiger partial charge >= 0.3 is 5.97 Å². The molecule has 1 rings (SSSR count). The van der Waals surface area contributed by atoms with Crippen LogP contribution in [0.15, 0.2) is 30.3 Å². The smallest absolute Gasteiger partial charge is 0.326 e. The van der Waals surface area contributed by atoms with E-state index in [9.17, 15) is 14.4 Å². The molecule has 0 bridgehead atoms. The Balaban J connectivity index is 2.41. The summed E-state index contributed by atoms with van der Waals surface area (Å²) in [6.45, 7) is -0.0512. The molecule has 0 saturated heterocycles. The van der Waals surface area contributed by atoms with Crippen molar-refractivity contribution in [2.24, 2.45) is 5.73 Å². The van der Waals surface area contributed by atoms with Gasteiger partial charge in [0.05, 0.1) is 6.54 Å². The highest BCUT2D eigenvalue weighted by molar-refractivity contribution is 5.86. The number of carboxylic acids is 1.